The predicted octanol–water partition coefficient (Wildman–Crippen LogP) is 2.97. The van der Waals surface area contributed by atoms with E-state index in [-0.39, 0.29) is 18.9 Å². The molecule has 0 heterocycles. The van der Waals surface area contributed by atoms with Gasteiger partial charge in [-0.1, -0.05) is 43.3 Å². The summed E-state index contributed by atoms with van der Waals surface area (Å²) >= 11 is 0. The molecule has 0 atom stereocenters. The van der Waals surface area contributed by atoms with E-state index < -0.39 is 5.97 Å². The second kappa shape index (κ2) is 8.29. The van der Waals surface area contributed by atoms with Crippen LogP contribution in [0.3, 0.4) is 0 Å². The quantitative estimate of drug-likeness (QED) is 0.786. The summed E-state index contributed by atoms with van der Waals surface area (Å²) in [4.78, 5) is 24.8. The van der Waals surface area contributed by atoms with Gasteiger partial charge in [0, 0.05) is 24.0 Å². The zero-order valence-corrected chi connectivity index (χ0v) is 13.3. The van der Waals surface area contributed by atoms with Gasteiger partial charge in [0.15, 0.2) is 0 Å². The lowest BCUT2D eigenvalue weighted by Gasteiger charge is -2.19. The van der Waals surface area contributed by atoms with Crippen LogP contribution in [0.25, 0.3) is 10.8 Å². The summed E-state index contributed by atoms with van der Waals surface area (Å²) in [5.74, 6) is -0.972. The highest BCUT2D eigenvalue weighted by Gasteiger charge is 2.11. The summed E-state index contributed by atoms with van der Waals surface area (Å²) in [7, 11) is 0. The molecule has 0 saturated heterocycles. The van der Waals surface area contributed by atoms with E-state index in [1.807, 2.05) is 49.4 Å². The van der Waals surface area contributed by atoms with Crippen molar-refractivity contribution in [2.75, 3.05) is 25.0 Å². The van der Waals surface area contributed by atoms with Crippen LogP contribution in [0, 0.1) is 0 Å². The molecule has 0 bridgehead atoms. The van der Waals surface area contributed by atoms with Crippen LogP contribution in [0.4, 0.5) is 5.69 Å². The number of rotatable bonds is 8. The van der Waals surface area contributed by atoms with Crippen molar-refractivity contribution < 1.29 is 14.7 Å². The zero-order chi connectivity index (χ0) is 16.7. The molecule has 0 unspecified atom stereocenters. The number of fused-ring (bicyclic) bond motifs is 1. The molecule has 5 nitrogen and oxygen atoms in total. The Morgan fingerprint density at radius 3 is 2.57 bits per heavy atom. The Bertz CT molecular complexity index is 680. The van der Waals surface area contributed by atoms with E-state index in [0.717, 1.165) is 22.9 Å². The molecule has 0 fully saturated rings. The molecule has 2 aromatic carbocycles. The maximum atomic E-state index is 12.2. The minimum Gasteiger partial charge on any atom is -0.480 e. The largest absolute Gasteiger partial charge is 0.480 e. The van der Waals surface area contributed by atoms with E-state index >= 15 is 0 Å². The van der Waals surface area contributed by atoms with Crippen molar-refractivity contribution in [1.82, 2.24) is 4.90 Å². The fraction of sp³-hybridized carbons (Fsp3) is 0.333. The van der Waals surface area contributed by atoms with Gasteiger partial charge in [-0.25, -0.2) is 0 Å². The van der Waals surface area contributed by atoms with Gasteiger partial charge in [0.25, 0.3) is 0 Å². The van der Waals surface area contributed by atoms with Crippen LogP contribution in [-0.4, -0.2) is 41.5 Å². The van der Waals surface area contributed by atoms with Crippen molar-refractivity contribution in [3.8, 4) is 0 Å². The molecule has 0 radical (unpaired) electrons. The normalized spacial score (nSPS) is 10.9. The third kappa shape index (κ3) is 5.07. The molecule has 0 aliphatic heterocycles. The van der Waals surface area contributed by atoms with Crippen molar-refractivity contribution >= 4 is 28.3 Å². The number of carbonyl (C=O) groups is 2. The van der Waals surface area contributed by atoms with Crippen LogP contribution < -0.4 is 5.32 Å². The molecule has 5 heteroatoms. The molecule has 2 N–H and O–H groups in total. The highest BCUT2D eigenvalue weighted by Crippen LogP contribution is 2.22. The lowest BCUT2D eigenvalue weighted by atomic mass is 10.1. The molecule has 2 rings (SSSR count). The van der Waals surface area contributed by atoms with E-state index in [2.05, 4.69) is 5.32 Å². The van der Waals surface area contributed by atoms with Gasteiger partial charge in [0.2, 0.25) is 5.91 Å². The first-order valence-corrected chi connectivity index (χ1v) is 7.82. The van der Waals surface area contributed by atoms with Crippen LogP contribution in [0.1, 0.15) is 19.8 Å². The molecule has 122 valence electrons. The summed E-state index contributed by atoms with van der Waals surface area (Å²) in [6.07, 6.45) is 1.13. The van der Waals surface area contributed by atoms with Gasteiger partial charge >= 0.3 is 5.97 Å². The standard InChI is InChI=1S/C18H22N2O3/c1-2-11-20(13-18(22)23)12-10-17(21)19-16-9-5-7-14-6-3-4-8-15(14)16/h3-9H,2,10-13H2,1H3,(H,19,21)(H,22,23). The van der Waals surface area contributed by atoms with E-state index in [1.165, 1.54) is 0 Å². The lowest BCUT2D eigenvalue weighted by Crippen LogP contribution is -2.33. The Morgan fingerprint density at radius 2 is 1.83 bits per heavy atom. The maximum absolute atomic E-state index is 12.2. The van der Waals surface area contributed by atoms with Gasteiger partial charge in [-0.05, 0) is 24.4 Å². The van der Waals surface area contributed by atoms with Gasteiger partial charge in [0.05, 0.1) is 6.54 Å². The molecule has 0 saturated carbocycles. The molecule has 1 amide bonds. The molecular formula is C18H22N2O3. The van der Waals surface area contributed by atoms with Crippen molar-refractivity contribution in [2.45, 2.75) is 19.8 Å². The number of aliphatic carboxylic acids is 1. The van der Waals surface area contributed by atoms with Crippen molar-refractivity contribution in [2.24, 2.45) is 0 Å². The highest BCUT2D eigenvalue weighted by atomic mass is 16.4. The van der Waals surface area contributed by atoms with Crippen molar-refractivity contribution in [3.63, 3.8) is 0 Å². The summed E-state index contributed by atoms with van der Waals surface area (Å²) in [6, 6.07) is 13.7. The summed E-state index contributed by atoms with van der Waals surface area (Å²) in [5, 5.41) is 13.9. The Morgan fingerprint density at radius 1 is 1.09 bits per heavy atom. The van der Waals surface area contributed by atoms with E-state index in [0.29, 0.717) is 13.1 Å². The van der Waals surface area contributed by atoms with Crippen LogP contribution in [0.5, 0.6) is 0 Å². The first-order chi connectivity index (χ1) is 11.1. The third-order valence-electron chi connectivity index (χ3n) is 3.62. The number of benzene rings is 2. The number of carboxylic acid groups (broad SMARTS) is 1. The van der Waals surface area contributed by atoms with Crippen LogP contribution in [-0.2, 0) is 9.59 Å². The highest BCUT2D eigenvalue weighted by molar-refractivity contribution is 6.02. The number of nitrogens with one attached hydrogen (secondary N) is 1. The first kappa shape index (κ1) is 17.0. The topological polar surface area (TPSA) is 69.6 Å². The molecule has 0 aliphatic carbocycles. The Hall–Kier alpha value is -2.40. The molecular weight excluding hydrogens is 292 g/mol. The minimum absolute atomic E-state index is 0.0324. The fourth-order valence-corrected chi connectivity index (χ4v) is 2.58. The summed E-state index contributed by atoms with van der Waals surface area (Å²) in [6.45, 7) is 3.07. The number of nitrogens with zero attached hydrogens (tertiary/aromatic N) is 1. The van der Waals surface area contributed by atoms with E-state index in [1.54, 1.807) is 4.90 Å². The Kier molecular flexibility index (Phi) is 6.11. The number of carbonyl (C=O) groups excluding carboxylic acids is 1. The van der Waals surface area contributed by atoms with Gasteiger partial charge in [-0.15, -0.1) is 0 Å². The zero-order valence-electron chi connectivity index (χ0n) is 13.3. The molecule has 23 heavy (non-hydrogen) atoms. The number of hydrogen-bond donors (Lipinski definition) is 2. The molecule has 2 aromatic rings. The van der Waals surface area contributed by atoms with Gasteiger partial charge < -0.3 is 10.4 Å². The van der Waals surface area contributed by atoms with Crippen molar-refractivity contribution in [3.05, 3.63) is 42.5 Å². The Balaban J connectivity index is 1.97. The monoisotopic (exact) mass is 314 g/mol. The number of amides is 1. The molecule has 0 aromatic heterocycles. The van der Waals surface area contributed by atoms with Crippen LogP contribution in [0.15, 0.2) is 42.5 Å². The average Bonchev–Trinajstić information content (AvgIpc) is 2.53. The van der Waals surface area contributed by atoms with Gasteiger partial charge in [-0.3, -0.25) is 14.5 Å². The van der Waals surface area contributed by atoms with Gasteiger partial charge in [-0.2, -0.15) is 0 Å². The molecule has 0 spiro atoms. The SMILES string of the molecule is CCCN(CCC(=O)Nc1cccc2ccccc12)CC(=O)O. The number of anilines is 1. The lowest BCUT2D eigenvalue weighted by molar-refractivity contribution is -0.138. The smallest absolute Gasteiger partial charge is 0.317 e. The number of hydrogen-bond acceptors (Lipinski definition) is 3. The van der Waals surface area contributed by atoms with E-state index in [9.17, 15) is 9.59 Å². The second-order valence-electron chi connectivity index (χ2n) is 5.49. The molecule has 0 aliphatic rings. The summed E-state index contributed by atoms with van der Waals surface area (Å²) in [5.41, 5.74) is 0.786. The van der Waals surface area contributed by atoms with Crippen LogP contribution in [0.2, 0.25) is 0 Å². The predicted molar refractivity (Wildman–Crippen MR) is 91.6 cm³/mol. The Labute approximate surface area is 135 Å². The minimum atomic E-state index is -0.868. The van der Waals surface area contributed by atoms with Crippen LogP contribution >= 0.6 is 0 Å². The summed E-state index contributed by atoms with van der Waals surface area (Å²) < 4.78 is 0. The van der Waals surface area contributed by atoms with Crippen molar-refractivity contribution in [1.29, 1.82) is 0 Å². The average molecular weight is 314 g/mol. The van der Waals surface area contributed by atoms with E-state index in [4.69, 9.17) is 5.11 Å². The third-order valence-corrected chi connectivity index (χ3v) is 3.62. The fourth-order valence-electron chi connectivity index (χ4n) is 2.58. The van der Waals surface area contributed by atoms with Gasteiger partial charge in [0.1, 0.15) is 0 Å². The second-order valence-corrected chi connectivity index (χ2v) is 5.49. The maximum Gasteiger partial charge on any atom is 0.317 e. The first-order valence-electron chi connectivity index (χ1n) is 7.82. The number of carboxylic acids is 1.